The first-order chi connectivity index (χ1) is 15.6. The van der Waals surface area contributed by atoms with Crippen molar-refractivity contribution in [1.29, 1.82) is 5.26 Å². The van der Waals surface area contributed by atoms with Crippen molar-refractivity contribution in [3.8, 4) is 6.07 Å². The van der Waals surface area contributed by atoms with Crippen molar-refractivity contribution in [1.82, 2.24) is 14.5 Å². The Hall–Kier alpha value is -3.44. The Labute approximate surface area is 190 Å². The van der Waals surface area contributed by atoms with Crippen LogP contribution in [0.5, 0.6) is 0 Å². The summed E-state index contributed by atoms with van der Waals surface area (Å²) < 4.78 is 1.89. The predicted molar refractivity (Wildman–Crippen MR) is 121 cm³/mol. The summed E-state index contributed by atoms with van der Waals surface area (Å²) >= 11 is 1.43. The van der Waals surface area contributed by atoms with Crippen molar-refractivity contribution in [3.05, 3.63) is 70.6 Å². The number of aromatic nitrogens is 2. The number of hydrogen-bond donors (Lipinski definition) is 1. The van der Waals surface area contributed by atoms with Crippen LogP contribution in [0.15, 0.2) is 49.1 Å². The fourth-order valence-corrected chi connectivity index (χ4v) is 5.60. The first kappa shape index (κ1) is 20.5. The summed E-state index contributed by atoms with van der Waals surface area (Å²) in [4.78, 5) is 32.3. The minimum atomic E-state index is -0.0516. The van der Waals surface area contributed by atoms with Crippen LogP contribution in [0, 0.1) is 17.2 Å². The molecule has 2 aromatic heterocycles. The highest BCUT2D eigenvalue weighted by Gasteiger charge is 2.44. The number of fused-ring (bicyclic) bond motifs is 1. The van der Waals surface area contributed by atoms with Gasteiger partial charge in [-0.25, -0.2) is 4.98 Å². The van der Waals surface area contributed by atoms with E-state index in [0.29, 0.717) is 43.0 Å². The molecule has 0 saturated heterocycles. The number of hydrogen-bond acceptors (Lipinski definition) is 5. The number of rotatable bonds is 6. The monoisotopic (exact) mass is 445 g/mol. The van der Waals surface area contributed by atoms with Gasteiger partial charge < -0.3 is 14.8 Å². The molecule has 2 aliphatic rings. The van der Waals surface area contributed by atoms with Crippen LogP contribution >= 0.6 is 11.3 Å². The molecule has 162 valence electrons. The maximum Gasteiger partial charge on any atom is 0.228 e. The fourth-order valence-electron chi connectivity index (χ4n) is 4.38. The van der Waals surface area contributed by atoms with E-state index in [0.717, 1.165) is 16.9 Å². The molecule has 1 saturated carbocycles. The van der Waals surface area contributed by atoms with Crippen LogP contribution in [0.4, 0.5) is 5.00 Å². The molecule has 1 aliphatic heterocycles. The molecule has 2 atom stereocenters. The SMILES string of the molecule is N#Cc1c(NC(=O)[C@H]2C[C@H]2c2ccccc2)sc2c1CCN(C(=O)CCn1ccnc1)C2. The highest BCUT2D eigenvalue weighted by atomic mass is 32.1. The van der Waals surface area contributed by atoms with E-state index >= 15 is 0 Å². The molecule has 7 nitrogen and oxygen atoms in total. The van der Waals surface area contributed by atoms with Crippen molar-refractivity contribution in [2.24, 2.45) is 5.92 Å². The molecule has 0 bridgehead atoms. The minimum absolute atomic E-state index is 0.0257. The molecule has 0 spiro atoms. The van der Waals surface area contributed by atoms with Crippen LogP contribution in [0.25, 0.3) is 0 Å². The predicted octanol–water partition coefficient (Wildman–Crippen LogP) is 3.53. The van der Waals surface area contributed by atoms with Gasteiger partial charge in [0.25, 0.3) is 0 Å². The van der Waals surface area contributed by atoms with E-state index in [1.54, 1.807) is 12.5 Å². The topological polar surface area (TPSA) is 91.0 Å². The zero-order valence-electron chi connectivity index (χ0n) is 17.5. The van der Waals surface area contributed by atoms with Gasteiger partial charge in [-0.1, -0.05) is 30.3 Å². The van der Waals surface area contributed by atoms with Gasteiger partial charge in [0.2, 0.25) is 11.8 Å². The molecule has 8 heteroatoms. The molecule has 3 aromatic rings. The molecule has 1 aromatic carbocycles. The first-order valence-corrected chi connectivity index (χ1v) is 11.6. The number of carbonyl (C=O) groups is 2. The summed E-state index contributed by atoms with van der Waals surface area (Å²) in [7, 11) is 0. The normalized spacial score (nSPS) is 19.2. The average Bonchev–Trinajstić information content (AvgIpc) is 3.30. The van der Waals surface area contributed by atoms with E-state index in [1.165, 1.54) is 16.9 Å². The lowest BCUT2D eigenvalue weighted by Gasteiger charge is -2.27. The second-order valence-corrected chi connectivity index (χ2v) is 9.39. The molecule has 1 fully saturated rings. The van der Waals surface area contributed by atoms with Crippen molar-refractivity contribution in [2.45, 2.75) is 38.3 Å². The third kappa shape index (κ3) is 4.04. The number of amides is 2. The Bertz CT molecular complexity index is 1180. The number of aryl methyl sites for hydroxylation is 1. The van der Waals surface area contributed by atoms with Crippen LogP contribution in [-0.2, 0) is 29.1 Å². The van der Waals surface area contributed by atoms with Gasteiger partial charge in [0.15, 0.2) is 0 Å². The van der Waals surface area contributed by atoms with Crippen molar-refractivity contribution in [3.63, 3.8) is 0 Å². The number of thiophene rings is 1. The van der Waals surface area contributed by atoms with Gasteiger partial charge >= 0.3 is 0 Å². The number of imidazole rings is 1. The summed E-state index contributed by atoms with van der Waals surface area (Å²) in [5.74, 6) is 0.261. The molecule has 3 heterocycles. The molecule has 2 amide bonds. The molecule has 1 aliphatic carbocycles. The van der Waals surface area contributed by atoms with Crippen molar-refractivity contribution in [2.75, 3.05) is 11.9 Å². The Kier molecular flexibility index (Phi) is 5.50. The standard InChI is InChI=1S/C24H23N5O2S/c25-13-20-17-6-10-29(22(30)7-9-28-11-8-26-15-28)14-21(17)32-24(20)27-23(31)19-12-18(19)16-4-2-1-3-5-16/h1-5,8,11,15,18-19H,6-7,9-10,12,14H2,(H,27,31)/t18-,19-/m0/s1. The number of benzene rings is 1. The number of nitrogens with zero attached hydrogens (tertiary/aromatic N) is 4. The third-order valence-electron chi connectivity index (χ3n) is 6.26. The van der Waals surface area contributed by atoms with Crippen LogP contribution in [0.1, 0.15) is 40.3 Å². The first-order valence-electron chi connectivity index (χ1n) is 10.8. The van der Waals surface area contributed by atoms with E-state index in [4.69, 9.17) is 0 Å². The highest BCUT2D eigenvalue weighted by Crippen LogP contribution is 2.48. The fraction of sp³-hybridized carbons (Fsp3) is 0.333. The Morgan fingerprint density at radius 3 is 2.88 bits per heavy atom. The van der Waals surface area contributed by atoms with E-state index < -0.39 is 0 Å². The number of carbonyl (C=O) groups excluding carboxylic acids is 2. The number of anilines is 1. The van der Waals surface area contributed by atoms with E-state index in [9.17, 15) is 14.9 Å². The number of nitrogens with one attached hydrogen (secondary N) is 1. The summed E-state index contributed by atoms with van der Waals surface area (Å²) in [6.07, 6.45) is 7.13. The van der Waals surface area contributed by atoms with Crippen LogP contribution in [0.2, 0.25) is 0 Å². The van der Waals surface area contributed by atoms with E-state index in [-0.39, 0.29) is 23.7 Å². The van der Waals surface area contributed by atoms with Crippen molar-refractivity contribution < 1.29 is 9.59 Å². The third-order valence-corrected chi connectivity index (χ3v) is 7.39. The molecule has 32 heavy (non-hydrogen) atoms. The Morgan fingerprint density at radius 2 is 2.12 bits per heavy atom. The average molecular weight is 446 g/mol. The van der Waals surface area contributed by atoms with E-state index in [1.807, 2.05) is 33.9 Å². The van der Waals surface area contributed by atoms with Crippen LogP contribution < -0.4 is 5.32 Å². The zero-order valence-corrected chi connectivity index (χ0v) is 18.3. The second-order valence-electron chi connectivity index (χ2n) is 8.28. The summed E-state index contributed by atoms with van der Waals surface area (Å²) in [6, 6.07) is 12.4. The summed E-state index contributed by atoms with van der Waals surface area (Å²) in [5.41, 5.74) is 2.71. The molecule has 1 N–H and O–H groups in total. The second kappa shape index (κ2) is 8.60. The zero-order chi connectivity index (χ0) is 22.1. The van der Waals surface area contributed by atoms with Gasteiger partial charge in [-0.15, -0.1) is 11.3 Å². The van der Waals surface area contributed by atoms with Gasteiger partial charge in [0.1, 0.15) is 11.1 Å². The van der Waals surface area contributed by atoms with Crippen molar-refractivity contribution >= 4 is 28.2 Å². The smallest absolute Gasteiger partial charge is 0.228 e. The lowest BCUT2D eigenvalue weighted by Crippen LogP contribution is -2.35. The largest absolute Gasteiger partial charge is 0.337 e. The molecule has 0 radical (unpaired) electrons. The summed E-state index contributed by atoms with van der Waals surface area (Å²) in [6.45, 7) is 1.68. The molecular formula is C24H23N5O2S. The van der Waals surface area contributed by atoms with Gasteiger partial charge in [-0.3, -0.25) is 9.59 Å². The van der Waals surface area contributed by atoms with Gasteiger partial charge in [-0.05, 0) is 29.9 Å². The number of nitriles is 1. The maximum absolute atomic E-state index is 12.8. The van der Waals surface area contributed by atoms with Crippen LogP contribution in [0.3, 0.4) is 0 Å². The Balaban J connectivity index is 1.24. The Morgan fingerprint density at radius 1 is 1.28 bits per heavy atom. The summed E-state index contributed by atoms with van der Waals surface area (Å²) in [5, 5.41) is 13.4. The molecule has 0 unspecified atom stereocenters. The maximum atomic E-state index is 12.8. The van der Waals surface area contributed by atoms with Gasteiger partial charge in [-0.2, -0.15) is 5.26 Å². The highest BCUT2D eigenvalue weighted by molar-refractivity contribution is 7.16. The minimum Gasteiger partial charge on any atom is -0.337 e. The lowest BCUT2D eigenvalue weighted by molar-refractivity contribution is -0.132. The van der Waals surface area contributed by atoms with Crippen LogP contribution in [-0.4, -0.2) is 32.8 Å². The quantitative estimate of drug-likeness (QED) is 0.628. The lowest BCUT2D eigenvalue weighted by atomic mass is 10.0. The molecular weight excluding hydrogens is 422 g/mol. The van der Waals surface area contributed by atoms with E-state index in [2.05, 4.69) is 28.5 Å². The van der Waals surface area contributed by atoms with Gasteiger partial charge in [0, 0.05) is 42.7 Å². The molecule has 5 rings (SSSR count). The van der Waals surface area contributed by atoms with Gasteiger partial charge in [0.05, 0.1) is 18.4 Å².